The Morgan fingerprint density at radius 3 is 2.64 bits per heavy atom. The van der Waals surface area contributed by atoms with E-state index in [1.54, 1.807) is 24.3 Å². The molecule has 0 heterocycles. The van der Waals surface area contributed by atoms with Gasteiger partial charge in [-0.2, -0.15) is 0 Å². The summed E-state index contributed by atoms with van der Waals surface area (Å²) in [5.74, 6) is -0.221. The first kappa shape index (κ1) is 11.3. The number of halogens is 1. The van der Waals surface area contributed by atoms with Crippen LogP contribution in [0.5, 0.6) is 0 Å². The summed E-state index contributed by atoms with van der Waals surface area (Å²) in [6, 6.07) is 6.88. The molecule has 1 aromatic rings. The highest BCUT2D eigenvalue weighted by molar-refractivity contribution is 8.13. The van der Waals surface area contributed by atoms with Crippen LogP contribution in [0.25, 0.3) is 0 Å². The van der Waals surface area contributed by atoms with Crippen molar-refractivity contribution in [3.05, 3.63) is 29.8 Å². The number of hydrogen-bond acceptors (Lipinski definition) is 4. The van der Waals surface area contributed by atoms with Gasteiger partial charge in [0.2, 0.25) is 9.05 Å². The molecule has 0 saturated heterocycles. The van der Waals surface area contributed by atoms with E-state index in [-0.39, 0.29) is 5.75 Å². The fourth-order valence-electron chi connectivity index (χ4n) is 1.04. The number of benzene rings is 1. The summed E-state index contributed by atoms with van der Waals surface area (Å²) in [4.78, 5) is 4.70. The molecule has 0 aliphatic carbocycles. The summed E-state index contributed by atoms with van der Waals surface area (Å²) in [6.07, 6.45) is 0. The molecule has 0 spiro atoms. The van der Waals surface area contributed by atoms with E-state index in [9.17, 15) is 8.42 Å². The van der Waals surface area contributed by atoms with Crippen LogP contribution in [0.2, 0.25) is 0 Å². The lowest BCUT2D eigenvalue weighted by Gasteiger charge is -2.07. The normalized spacial score (nSPS) is 11.3. The van der Waals surface area contributed by atoms with Crippen LogP contribution in [-0.2, 0) is 19.6 Å². The molecule has 0 bridgehead atoms. The molecule has 0 saturated carbocycles. The first-order valence-corrected chi connectivity index (χ1v) is 6.30. The van der Waals surface area contributed by atoms with Gasteiger partial charge in [-0.15, -0.1) is 0 Å². The highest BCUT2D eigenvalue weighted by Crippen LogP contribution is 2.19. The molecule has 0 amide bonds. The Bertz CT molecular complexity index is 405. The Morgan fingerprint density at radius 2 is 2.07 bits per heavy atom. The molecule has 78 valence electrons. The number of nitrogens with one attached hydrogen (secondary N) is 1. The highest BCUT2D eigenvalue weighted by atomic mass is 35.7. The lowest BCUT2D eigenvalue weighted by Crippen LogP contribution is -2.02. The van der Waals surface area contributed by atoms with Crippen molar-refractivity contribution in [3.63, 3.8) is 0 Å². The van der Waals surface area contributed by atoms with Gasteiger partial charge in [0.25, 0.3) is 0 Å². The van der Waals surface area contributed by atoms with Gasteiger partial charge in [0.05, 0.1) is 18.6 Å². The van der Waals surface area contributed by atoms with Gasteiger partial charge in [0.15, 0.2) is 0 Å². The van der Waals surface area contributed by atoms with E-state index in [2.05, 4.69) is 5.48 Å². The third-order valence-corrected chi connectivity index (χ3v) is 2.54. The Morgan fingerprint density at radius 1 is 1.43 bits per heavy atom. The maximum Gasteiger partial charge on any atom is 0.236 e. The summed E-state index contributed by atoms with van der Waals surface area (Å²) in [7, 11) is 3.05. The molecule has 4 nitrogen and oxygen atoms in total. The average molecular weight is 236 g/mol. The zero-order valence-electron chi connectivity index (χ0n) is 7.53. The van der Waals surface area contributed by atoms with Crippen LogP contribution < -0.4 is 5.48 Å². The third kappa shape index (κ3) is 3.53. The number of para-hydroxylation sites is 1. The van der Waals surface area contributed by atoms with Gasteiger partial charge >= 0.3 is 0 Å². The van der Waals surface area contributed by atoms with E-state index in [4.69, 9.17) is 15.5 Å². The quantitative estimate of drug-likeness (QED) is 0.638. The van der Waals surface area contributed by atoms with Crippen molar-refractivity contribution in [2.24, 2.45) is 0 Å². The molecular formula is C8H10ClNO3S. The lowest BCUT2D eigenvalue weighted by atomic mass is 10.2. The molecule has 0 unspecified atom stereocenters. The molecule has 0 radical (unpaired) electrons. The number of rotatable bonds is 4. The third-order valence-electron chi connectivity index (χ3n) is 1.56. The maximum atomic E-state index is 10.9. The lowest BCUT2D eigenvalue weighted by molar-refractivity contribution is 0.270. The van der Waals surface area contributed by atoms with Crippen molar-refractivity contribution in [1.29, 1.82) is 0 Å². The van der Waals surface area contributed by atoms with Gasteiger partial charge in [0.1, 0.15) is 0 Å². The fourth-order valence-corrected chi connectivity index (χ4v) is 2.02. The molecule has 1 N–H and O–H groups in total. The van der Waals surface area contributed by atoms with Crippen LogP contribution in [0.3, 0.4) is 0 Å². The van der Waals surface area contributed by atoms with Gasteiger partial charge in [-0.1, -0.05) is 18.2 Å². The van der Waals surface area contributed by atoms with Crippen LogP contribution >= 0.6 is 10.7 Å². The van der Waals surface area contributed by atoms with E-state index in [1.807, 2.05) is 0 Å². The topological polar surface area (TPSA) is 55.4 Å². The number of anilines is 1. The largest absolute Gasteiger partial charge is 0.279 e. The first-order chi connectivity index (χ1) is 6.53. The fraction of sp³-hybridized carbons (Fsp3) is 0.250. The Balaban J connectivity index is 2.95. The van der Waals surface area contributed by atoms with Crippen molar-refractivity contribution in [2.45, 2.75) is 5.75 Å². The monoisotopic (exact) mass is 235 g/mol. The van der Waals surface area contributed by atoms with Crippen molar-refractivity contribution in [1.82, 2.24) is 0 Å². The molecule has 1 rings (SSSR count). The van der Waals surface area contributed by atoms with Crippen LogP contribution in [0.1, 0.15) is 5.56 Å². The minimum Gasteiger partial charge on any atom is -0.279 e. The van der Waals surface area contributed by atoms with E-state index in [1.165, 1.54) is 7.11 Å². The summed E-state index contributed by atoms with van der Waals surface area (Å²) in [6.45, 7) is 0. The first-order valence-electron chi connectivity index (χ1n) is 3.82. The van der Waals surface area contributed by atoms with Crippen LogP contribution in [0.15, 0.2) is 24.3 Å². The minimum atomic E-state index is -3.54. The molecule has 0 aromatic heterocycles. The standard InChI is InChI=1S/C8H10ClNO3S/c1-13-10-8-5-3-2-4-7(8)6-14(9,11)12/h2-5,10H,6H2,1H3. The maximum absolute atomic E-state index is 10.9. The minimum absolute atomic E-state index is 0.221. The van der Waals surface area contributed by atoms with Crippen molar-refractivity contribution in [3.8, 4) is 0 Å². The molecular weight excluding hydrogens is 226 g/mol. The zero-order valence-corrected chi connectivity index (χ0v) is 9.10. The highest BCUT2D eigenvalue weighted by Gasteiger charge is 2.10. The SMILES string of the molecule is CONc1ccccc1CS(=O)(=O)Cl. The van der Waals surface area contributed by atoms with Crippen molar-refractivity contribution in [2.75, 3.05) is 12.6 Å². The van der Waals surface area contributed by atoms with Gasteiger partial charge in [0, 0.05) is 10.7 Å². The summed E-state index contributed by atoms with van der Waals surface area (Å²) < 4.78 is 21.7. The Labute approximate surface area is 87.2 Å². The number of hydrogen-bond donors (Lipinski definition) is 1. The van der Waals surface area contributed by atoms with Gasteiger partial charge < -0.3 is 0 Å². The van der Waals surface area contributed by atoms with Crippen LogP contribution in [-0.4, -0.2) is 15.5 Å². The predicted octanol–water partition coefficient (Wildman–Crippen LogP) is 1.73. The van der Waals surface area contributed by atoms with E-state index in [0.29, 0.717) is 11.3 Å². The van der Waals surface area contributed by atoms with Gasteiger partial charge in [-0.3, -0.25) is 10.3 Å². The average Bonchev–Trinajstić information content (AvgIpc) is 2.06. The van der Waals surface area contributed by atoms with E-state index < -0.39 is 9.05 Å². The van der Waals surface area contributed by atoms with Crippen molar-refractivity contribution < 1.29 is 13.3 Å². The van der Waals surface area contributed by atoms with Gasteiger partial charge in [-0.05, 0) is 11.6 Å². The molecule has 0 aliphatic heterocycles. The van der Waals surface area contributed by atoms with E-state index >= 15 is 0 Å². The molecule has 0 aliphatic rings. The van der Waals surface area contributed by atoms with Gasteiger partial charge in [-0.25, -0.2) is 8.42 Å². The molecule has 1 aromatic carbocycles. The summed E-state index contributed by atoms with van der Waals surface area (Å²) in [5, 5.41) is 0. The van der Waals surface area contributed by atoms with Crippen LogP contribution in [0.4, 0.5) is 5.69 Å². The second-order valence-corrected chi connectivity index (χ2v) is 5.42. The van der Waals surface area contributed by atoms with Crippen LogP contribution in [0, 0.1) is 0 Å². The summed E-state index contributed by atoms with van der Waals surface area (Å²) in [5.41, 5.74) is 3.75. The molecule has 14 heavy (non-hydrogen) atoms. The molecule has 0 atom stereocenters. The second-order valence-electron chi connectivity index (χ2n) is 2.65. The second kappa shape index (κ2) is 4.63. The smallest absolute Gasteiger partial charge is 0.236 e. The Hall–Kier alpha value is -0.780. The molecule has 6 heteroatoms. The zero-order chi connectivity index (χ0) is 10.6. The Kier molecular flexibility index (Phi) is 3.74. The molecule has 0 fully saturated rings. The van der Waals surface area contributed by atoms with Crippen molar-refractivity contribution >= 4 is 25.4 Å². The van der Waals surface area contributed by atoms with E-state index in [0.717, 1.165) is 0 Å². The predicted molar refractivity (Wildman–Crippen MR) is 55.6 cm³/mol. The summed E-state index contributed by atoms with van der Waals surface area (Å²) >= 11 is 0.